The van der Waals surface area contributed by atoms with Crippen LogP contribution in [0.2, 0.25) is 0 Å². The number of sulfonamides is 1. The van der Waals surface area contributed by atoms with Crippen LogP contribution in [0.4, 0.5) is 0 Å². The predicted octanol–water partition coefficient (Wildman–Crippen LogP) is 1.04. The first-order chi connectivity index (χ1) is 8.58. The maximum atomic E-state index is 12.0. The summed E-state index contributed by atoms with van der Waals surface area (Å²) in [6.07, 6.45) is 0.232. The highest BCUT2D eigenvalue weighted by molar-refractivity contribution is 7.89. The maximum absolute atomic E-state index is 12.0. The zero-order valence-electron chi connectivity index (χ0n) is 10.3. The summed E-state index contributed by atoms with van der Waals surface area (Å²) in [5, 5.41) is 0. The Morgan fingerprint density at radius 1 is 1.33 bits per heavy atom. The first-order valence-electron chi connectivity index (χ1n) is 5.87. The molecule has 6 heteroatoms. The van der Waals surface area contributed by atoms with Gasteiger partial charge in [-0.25, -0.2) is 13.1 Å². The van der Waals surface area contributed by atoms with E-state index in [1.165, 1.54) is 0 Å². The summed E-state index contributed by atoms with van der Waals surface area (Å²) in [5.41, 5.74) is 0.917. The Labute approximate surface area is 107 Å². The molecule has 100 valence electrons. The van der Waals surface area contributed by atoms with Crippen molar-refractivity contribution in [2.75, 3.05) is 19.8 Å². The molecule has 0 spiro atoms. The first kappa shape index (κ1) is 13.5. The van der Waals surface area contributed by atoms with Gasteiger partial charge in [0.05, 0.1) is 18.1 Å². The van der Waals surface area contributed by atoms with Crippen molar-refractivity contribution in [2.24, 2.45) is 0 Å². The molecule has 0 atom stereocenters. The molecule has 1 aliphatic heterocycles. The lowest BCUT2D eigenvalue weighted by Crippen LogP contribution is -2.27. The molecule has 1 heterocycles. The summed E-state index contributed by atoms with van der Waals surface area (Å²) in [6, 6.07) is 6.81. The molecule has 0 unspecified atom stereocenters. The van der Waals surface area contributed by atoms with Gasteiger partial charge in [-0.3, -0.25) is 0 Å². The fourth-order valence-corrected chi connectivity index (χ4v) is 2.90. The molecule has 0 amide bonds. The zero-order chi connectivity index (χ0) is 13.0. The van der Waals surface area contributed by atoms with Gasteiger partial charge in [0.2, 0.25) is 10.0 Å². The Balaban J connectivity index is 1.90. The van der Waals surface area contributed by atoms with E-state index in [4.69, 9.17) is 9.47 Å². The van der Waals surface area contributed by atoms with Crippen LogP contribution in [0.25, 0.3) is 0 Å². The monoisotopic (exact) mass is 271 g/mol. The lowest BCUT2D eigenvalue weighted by molar-refractivity contribution is -0.0451. The average Bonchev–Trinajstić information content (AvgIpc) is 2.82. The van der Waals surface area contributed by atoms with Crippen molar-refractivity contribution in [3.05, 3.63) is 29.8 Å². The van der Waals surface area contributed by atoms with Gasteiger partial charge in [0, 0.05) is 13.0 Å². The van der Waals surface area contributed by atoms with Crippen molar-refractivity contribution in [2.45, 2.75) is 24.5 Å². The van der Waals surface area contributed by atoms with Crippen LogP contribution in [0.15, 0.2) is 29.2 Å². The SMILES string of the molecule is Cc1cccc(S(=O)(=O)NCCC2OCCO2)c1. The van der Waals surface area contributed by atoms with Gasteiger partial charge in [0.25, 0.3) is 0 Å². The zero-order valence-corrected chi connectivity index (χ0v) is 11.1. The Morgan fingerprint density at radius 2 is 2.06 bits per heavy atom. The smallest absolute Gasteiger partial charge is 0.240 e. The summed E-state index contributed by atoms with van der Waals surface area (Å²) in [7, 11) is -3.44. The largest absolute Gasteiger partial charge is 0.350 e. The van der Waals surface area contributed by atoms with Crippen molar-refractivity contribution < 1.29 is 17.9 Å². The molecule has 0 bridgehead atoms. The second-order valence-corrected chi connectivity index (χ2v) is 5.94. The van der Waals surface area contributed by atoms with Crippen LogP contribution in [0.5, 0.6) is 0 Å². The quantitative estimate of drug-likeness (QED) is 0.869. The van der Waals surface area contributed by atoms with Gasteiger partial charge in [-0.1, -0.05) is 12.1 Å². The van der Waals surface area contributed by atoms with Crippen LogP contribution in [0.3, 0.4) is 0 Å². The van der Waals surface area contributed by atoms with Crippen LogP contribution in [-0.2, 0) is 19.5 Å². The summed E-state index contributed by atoms with van der Waals surface area (Å²) < 4.78 is 36.9. The van der Waals surface area contributed by atoms with Gasteiger partial charge in [-0.2, -0.15) is 0 Å². The molecular weight excluding hydrogens is 254 g/mol. The minimum absolute atomic E-state index is 0.287. The fraction of sp³-hybridized carbons (Fsp3) is 0.500. The minimum Gasteiger partial charge on any atom is -0.350 e. The third kappa shape index (κ3) is 3.52. The molecule has 0 saturated carbocycles. The van der Waals surface area contributed by atoms with Gasteiger partial charge in [-0.15, -0.1) is 0 Å². The molecule has 0 aliphatic carbocycles. The van der Waals surface area contributed by atoms with E-state index in [-0.39, 0.29) is 11.2 Å². The molecule has 5 nitrogen and oxygen atoms in total. The molecule has 1 N–H and O–H groups in total. The molecule has 1 aromatic carbocycles. The number of nitrogens with one attached hydrogen (secondary N) is 1. The normalized spacial score (nSPS) is 17.2. The molecule has 0 aromatic heterocycles. The van der Waals surface area contributed by atoms with Crippen molar-refractivity contribution in [1.29, 1.82) is 0 Å². The molecule has 2 rings (SSSR count). The second kappa shape index (κ2) is 5.79. The van der Waals surface area contributed by atoms with Crippen molar-refractivity contribution in [3.8, 4) is 0 Å². The Morgan fingerprint density at radius 3 is 2.72 bits per heavy atom. The lowest BCUT2D eigenvalue weighted by Gasteiger charge is -2.10. The predicted molar refractivity (Wildman–Crippen MR) is 66.7 cm³/mol. The van der Waals surface area contributed by atoms with Gasteiger partial charge in [0.1, 0.15) is 0 Å². The Kier molecular flexibility index (Phi) is 4.34. The molecule has 1 saturated heterocycles. The third-order valence-corrected chi connectivity index (χ3v) is 4.12. The van der Waals surface area contributed by atoms with Crippen molar-refractivity contribution >= 4 is 10.0 Å². The summed E-state index contributed by atoms with van der Waals surface area (Å²) >= 11 is 0. The maximum Gasteiger partial charge on any atom is 0.240 e. The minimum atomic E-state index is -3.44. The number of hydrogen-bond acceptors (Lipinski definition) is 4. The van der Waals surface area contributed by atoms with E-state index in [9.17, 15) is 8.42 Å². The molecule has 1 aliphatic rings. The van der Waals surface area contributed by atoms with Crippen LogP contribution in [-0.4, -0.2) is 34.5 Å². The highest BCUT2D eigenvalue weighted by atomic mass is 32.2. The summed E-state index contributed by atoms with van der Waals surface area (Å²) in [4.78, 5) is 0.288. The van der Waals surface area contributed by atoms with E-state index in [1.54, 1.807) is 18.2 Å². The standard InChI is InChI=1S/C12H17NO4S/c1-10-3-2-4-11(9-10)18(14,15)13-6-5-12-16-7-8-17-12/h2-4,9,12-13H,5-8H2,1H3. The number of aryl methyl sites for hydroxylation is 1. The fourth-order valence-electron chi connectivity index (χ4n) is 1.75. The number of ether oxygens (including phenoxy) is 2. The molecular formula is C12H17NO4S. The van der Waals surface area contributed by atoms with Gasteiger partial charge >= 0.3 is 0 Å². The number of rotatable bonds is 5. The van der Waals surface area contributed by atoms with E-state index in [1.807, 2.05) is 13.0 Å². The molecule has 18 heavy (non-hydrogen) atoms. The van der Waals surface area contributed by atoms with E-state index < -0.39 is 10.0 Å². The van der Waals surface area contributed by atoms with Crippen LogP contribution in [0.1, 0.15) is 12.0 Å². The Hall–Kier alpha value is -0.950. The summed E-state index contributed by atoms with van der Waals surface area (Å²) in [6.45, 7) is 3.32. The molecule has 1 aromatic rings. The van der Waals surface area contributed by atoms with E-state index >= 15 is 0 Å². The van der Waals surface area contributed by atoms with E-state index in [0.717, 1.165) is 5.56 Å². The van der Waals surface area contributed by atoms with Crippen LogP contribution in [0, 0.1) is 6.92 Å². The lowest BCUT2D eigenvalue weighted by atomic mass is 10.2. The van der Waals surface area contributed by atoms with Crippen molar-refractivity contribution in [1.82, 2.24) is 4.72 Å². The first-order valence-corrected chi connectivity index (χ1v) is 7.36. The van der Waals surface area contributed by atoms with Gasteiger partial charge in [0.15, 0.2) is 6.29 Å². The van der Waals surface area contributed by atoms with Crippen LogP contribution < -0.4 is 4.72 Å². The van der Waals surface area contributed by atoms with E-state index in [2.05, 4.69) is 4.72 Å². The topological polar surface area (TPSA) is 64.6 Å². The second-order valence-electron chi connectivity index (χ2n) is 4.17. The van der Waals surface area contributed by atoms with Gasteiger partial charge < -0.3 is 9.47 Å². The average molecular weight is 271 g/mol. The van der Waals surface area contributed by atoms with Crippen LogP contribution >= 0.6 is 0 Å². The van der Waals surface area contributed by atoms with Gasteiger partial charge in [-0.05, 0) is 24.6 Å². The number of hydrogen-bond donors (Lipinski definition) is 1. The number of benzene rings is 1. The Bertz CT molecular complexity index is 495. The summed E-state index contributed by atoms with van der Waals surface area (Å²) in [5.74, 6) is 0. The molecule has 1 fully saturated rings. The highest BCUT2D eigenvalue weighted by Gasteiger charge is 2.18. The molecule has 0 radical (unpaired) electrons. The highest BCUT2D eigenvalue weighted by Crippen LogP contribution is 2.11. The third-order valence-electron chi connectivity index (χ3n) is 2.66. The van der Waals surface area contributed by atoms with Crippen molar-refractivity contribution in [3.63, 3.8) is 0 Å². The van der Waals surface area contributed by atoms with E-state index in [0.29, 0.717) is 26.2 Å².